The fourth-order valence-electron chi connectivity index (χ4n) is 2.15. The summed E-state index contributed by atoms with van der Waals surface area (Å²) in [6, 6.07) is 0.0512. The Morgan fingerprint density at radius 2 is 2.40 bits per heavy atom. The lowest BCUT2D eigenvalue weighted by Gasteiger charge is -2.22. The van der Waals surface area contributed by atoms with E-state index in [0.717, 1.165) is 0 Å². The van der Waals surface area contributed by atoms with Crippen molar-refractivity contribution in [1.29, 1.82) is 0 Å². The summed E-state index contributed by atoms with van der Waals surface area (Å²) in [4.78, 5) is 13.2. The summed E-state index contributed by atoms with van der Waals surface area (Å²) >= 11 is 0. The average molecular weight is 302 g/mol. The van der Waals surface area contributed by atoms with Gasteiger partial charge in [0.2, 0.25) is 0 Å². The second kappa shape index (κ2) is 5.85. The highest BCUT2D eigenvalue weighted by Crippen LogP contribution is 2.16. The molecule has 1 atom stereocenters. The van der Waals surface area contributed by atoms with E-state index in [1.165, 1.54) is 10.9 Å². The average Bonchev–Trinajstić information content (AvgIpc) is 3.01. The molecule has 9 nitrogen and oxygen atoms in total. The van der Waals surface area contributed by atoms with Crippen LogP contribution in [0.4, 0.5) is 0 Å². The topological polar surface area (TPSA) is 123 Å². The van der Waals surface area contributed by atoms with Crippen molar-refractivity contribution in [2.45, 2.75) is 19.0 Å². The molecule has 1 amide bonds. The van der Waals surface area contributed by atoms with Gasteiger partial charge in [-0.25, -0.2) is 14.3 Å². The summed E-state index contributed by atoms with van der Waals surface area (Å²) in [5.41, 5.74) is 2.13. The molecule has 2 heterocycles. The molecule has 20 heavy (non-hydrogen) atoms. The molecule has 0 bridgehead atoms. The SMILES string of the molecule is CN(CCn1cc(C(=O)NN)nn1)C1CCS(=O)(=O)C1. The van der Waals surface area contributed by atoms with E-state index in [2.05, 4.69) is 10.3 Å². The summed E-state index contributed by atoms with van der Waals surface area (Å²) in [5, 5.41) is 7.51. The number of hydrogen-bond donors (Lipinski definition) is 2. The Bertz CT molecular complexity index is 584. The van der Waals surface area contributed by atoms with Crippen LogP contribution in [0.2, 0.25) is 0 Å². The van der Waals surface area contributed by atoms with Crippen LogP contribution in [0.1, 0.15) is 16.9 Å². The molecule has 1 unspecified atom stereocenters. The van der Waals surface area contributed by atoms with E-state index in [0.29, 0.717) is 19.5 Å². The van der Waals surface area contributed by atoms with Crippen molar-refractivity contribution >= 4 is 15.7 Å². The molecule has 1 aliphatic heterocycles. The molecule has 0 aromatic carbocycles. The highest BCUT2D eigenvalue weighted by atomic mass is 32.2. The van der Waals surface area contributed by atoms with Crippen LogP contribution < -0.4 is 11.3 Å². The standard InChI is InChI=1S/C10H18N6O3S/c1-15(8-2-5-20(18,19)7-8)3-4-16-6-9(13-14-16)10(17)12-11/h6,8H,2-5,7,11H2,1H3,(H,12,17). The first kappa shape index (κ1) is 14.9. The van der Waals surface area contributed by atoms with Gasteiger partial charge in [0.05, 0.1) is 24.2 Å². The molecule has 1 saturated heterocycles. The van der Waals surface area contributed by atoms with Crippen LogP contribution in [-0.2, 0) is 16.4 Å². The molecular weight excluding hydrogens is 284 g/mol. The molecule has 0 spiro atoms. The summed E-state index contributed by atoms with van der Waals surface area (Å²) in [6.45, 7) is 1.16. The van der Waals surface area contributed by atoms with Gasteiger partial charge in [0.25, 0.3) is 5.91 Å². The maximum Gasteiger partial charge on any atom is 0.287 e. The van der Waals surface area contributed by atoms with E-state index in [-0.39, 0.29) is 23.2 Å². The number of carbonyl (C=O) groups excluding carboxylic acids is 1. The zero-order valence-electron chi connectivity index (χ0n) is 11.2. The Balaban J connectivity index is 1.86. The molecule has 0 radical (unpaired) electrons. The molecule has 2 rings (SSSR count). The van der Waals surface area contributed by atoms with Crippen molar-refractivity contribution in [2.24, 2.45) is 5.84 Å². The van der Waals surface area contributed by atoms with Gasteiger partial charge in [0.15, 0.2) is 15.5 Å². The normalized spacial score (nSPS) is 21.2. The fourth-order valence-corrected chi connectivity index (χ4v) is 3.96. The lowest BCUT2D eigenvalue weighted by atomic mass is 10.2. The van der Waals surface area contributed by atoms with Crippen LogP contribution in [0, 0.1) is 0 Å². The third-order valence-electron chi connectivity index (χ3n) is 3.42. The van der Waals surface area contributed by atoms with E-state index in [1.807, 2.05) is 17.4 Å². The van der Waals surface area contributed by atoms with Gasteiger partial charge in [-0.2, -0.15) is 0 Å². The summed E-state index contributed by atoms with van der Waals surface area (Å²) in [5.74, 6) is 4.97. The lowest BCUT2D eigenvalue weighted by molar-refractivity contribution is 0.0948. The molecule has 0 saturated carbocycles. The van der Waals surface area contributed by atoms with Crippen LogP contribution in [0.25, 0.3) is 0 Å². The Labute approximate surface area is 117 Å². The number of hydrogen-bond acceptors (Lipinski definition) is 7. The minimum absolute atomic E-state index is 0.0512. The predicted molar refractivity (Wildman–Crippen MR) is 71.4 cm³/mol. The number of nitrogens with two attached hydrogens (primary N) is 1. The Morgan fingerprint density at radius 1 is 1.65 bits per heavy atom. The number of nitrogen functional groups attached to an aromatic ring is 1. The van der Waals surface area contributed by atoms with Gasteiger partial charge >= 0.3 is 0 Å². The summed E-state index contributed by atoms with van der Waals surface area (Å²) in [7, 11) is -0.992. The minimum atomic E-state index is -2.88. The van der Waals surface area contributed by atoms with Gasteiger partial charge in [-0.15, -0.1) is 5.10 Å². The van der Waals surface area contributed by atoms with Crippen molar-refractivity contribution < 1.29 is 13.2 Å². The molecule has 1 aromatic rings. The molecule has 1 aliphatic rings. The maximum atomic E-state index is 11.4. The van der Waals surface area contributed by atoms with Crippen molar-refractivity contribution in [3.8, 4) is 0 Å². The smallest absolute Gasteiger partial charge is 0.287 e. The van der Waals surface area contributed by atoms with Gasteiger partial charge < -0.3 is 4.90 Å². The number of sulfone groups is 1. The number of nitrogens with one attached hydrogen (secondary N) is 1. The van der Waals surface area contributed by atoms with Crippen molar-refractivity contribution in [1.82, 2.24) is 25.3 Å². The van der Waals surface area contributed by atoms with Crippen LogP contribution >= 0.6 is 0 Å². The van der Waals surface area contributed by atoms with Gasteiger partial charge in [-0.3, -0.25) is 14.9 Å². The van der Waals surface area contributed by atoms with Crippen LogP contribution in [0.15, 0.2) is 6.20 Å². The molecule has 3 N–H and O–H groups in total. The van der Waals surface area contributed by atoms with Crippen LogP contribution in [0.5, 0.6) is 0 Å². The van der Waals surface area contributed by atoms with E-state index < -0.39 is 15.7 Å². The lowest BCUT2D eigenvalue weighted by Crippen LogP contribution is -2.35. The predicted octanol–water partition coefficient (Wildman–Crippen LogP) is -2.00. The summed E-state index contributed by atoms with van der Waals surface area (Å²) in [6.07, 6.45) is 2.17. The third-order valence-corrected chi connectivity index (χ3v) is 5.17. The van der Waals surface area contributed by atoms with Crippen molar-refractivity contribution in [3.05, 3.63) is 11.9 Å². The number of amides is 1. The zero-order valence-corrected chi connectivity index (χ0v) is 12.0. The van der Waals surface area contributed by atoms with Gasteiger partial charge in [0, 0.05) is 12.6 Å². The monoisotopic (exact) mass is 302 g/mol. The minimum Gasteiger partial charge on any atom is -0.301 e. The highest BCUT2D eigenvalue weighted by Gasteiger charge is 2.30. The largest absolute Gasteiger partial charge is 0.301 e. The Morgan fingerprint density at radius 3 is 3.00 bits per heavy atom. The quantitative estimate of drug-likeness (QED) is 0.366. The second-order valence-corrected chi connectivity index (χ2v) is 7.11. The maximum absolute atomic E-state index is 11.4. The molecular formula is C10H18N6O3S. The fraction of sp³-hybridized carbons (Fsp3) is 0.700. The molecule has 112 valence electrons. The van der Waals surface area contributed by atoms with Crippen LogP contribution in [-0.4, -0.2) is 65.4 Å². The van der Waals surface area contributed by atoms with E-state index in [1.54, 1.807) is 0 Å². The van der Waals surface area contributed by atoms with Gasteiger partial charge in [-0.05, 0) is 13.5 Å². The first-order chi connectivity index (χ1) is 9.41. The third kappa shape index (κ3) is 3.52. The number of aromatic nitrogens is 3. The van der Waals surface area contributed by atoms with E-state index in [4.69, 9.17) is 5.84 Å². The molecule has 10 heteroatoms. The zero-order chi connectivity index (χ0) is 14.8. The molecule has 1 aromatic heterocycles. The highest BCUT2D eigenvalue weighted by molar-refractivity contribution is 7.91. The van der Waals surface area contributed by atoms with Crippen LogP contribution in [0.3, 0.4) is 0 Å². The second-order valence-electron chi connectivity index (χ2n) is 4.88. The Hall–Kier alpha value is -1.52. The molecule has 0 aliphatic carbocycles. The summed E-state index contributed by atoms with van der Waals surface area (Å²) < 4.78 is 24.4. The van der Waals surface area contributed by atoms with Gasteiger partial charge in [0.1, 0.15) is 0 Å². The van der Waals surface area contributed by atoms with Crippen molar-refractivity contribution in [3.63, 3.8) is 0 Å². The Kier molecular flexibility index (Phi) is 4.35. The number of carbonyl (C=O) groups is 1. The van der Waals surface area contributed by atoms with E-state index >= 15 is 0 Å². The number of rotatable bonds is 5. The number of likely N-dealkylation sites (N-methyl/N-ethyl adjacent to an activating group) is 1. The van der Waals surface area contributed by atoms with Gasteiger partial charge in [-0.1, -0.05) is 5.21 Å². The molecule has 1 fully saturated rings. The first-order valence-electron chi connectivity index (χ1n) is 6.23. The van der Waals surface area contributed by atoms with Crippen molar-refractivity contribution in [2.75, 3.05) is 25.1 Å². The van der Waals surface area contributed by atoms with E-state index in [9.17, 15) is 13.2 Å². The first-order valence-corrected chi connectivity index (χ1v) is 8.05. The number of hydrazine groups is 1. The number of nitrogens with zero attached hydrogens (tertiary/aromatic N) is 4.